The number of amides is 2. The number of benzene rings is 1. The van der Waals surface area contributed by atoms with Gasteiger partial charge in [0.2, 0.25) is 0 Å². The molecule has 20 heavy (non-hydrogen) atoms. The minimum atomic E-state index is -0.749. The average Bonchev–Trinajstić information content (AvgIpc) is 2.40. The van der Waals surface area contributed by atoms with E-state index in [2.05, 4.69) is 26.6 Å². The molecule has 1 aromatic rings. The molecule has 0 saturated carbocycles. The standard InChI is InChI=1S/C14H19BrN2O3/c1-3-4-11(18)8-16-13(19)14(20)17-10-5-6-12(15)9(2)7-10/h5-7,11,18H,3-4,8H2,1-2H3,(H,16,19)(H,17,20). The van der Waals surface area contributed by atoms with Gasteiger partial charge in [-0.1, -0.05) is 29.3 Å². The molecule has 0 heterocycles. The van der Waals surface area contributed by atoms with E-state index in [9.17, 15) is 14.7 Å². The molecule has 1 atom stereocenters. The molecule has 1 rings (SSSR count). The Labute approximate surface area is 126 Å². The fourth-order valence-electron chi connectivity index (χ4n) is 1.64. The maximum absolute atomic E-state index is 11.7. The molecular weight excluding hydrogens is 324 g/mol. The molecule has 0 aromatic heterocycles. The van der Waals surface area contributed by atoms with Crippen LogP contribution in [0.4, 0.5) is 5.69 Å². The molecule has 2 amide bonds. The van der Waals surface area contributed by atoms with E-state index >= 15 is 0 Å². The highest BCUT2D eigenvalue weighted by Crippen LogP contribution is 2.19. The van der Waals surface area contributed by atoms with Crippen LogP contribution in [0.1, 0.15) is 25.3 Å². The largest absolute Gasteiger partial charge is 0.391 e. The van der Waals surface area contributed by atoms with E-state index in [1.807, 2.05) is 13.8 Å². The number of hydrogen-bond donors (Lipinski definition) is 3. The van der Waals surface area contributed by atoms with Crippen LogP contribution in [0, 0.1) is 6.92 Å². The van der Waals surface area contributed by atoms with E-state index in [1.165, 1.54) is 0 Å². The number of halogens is 1. The van der Waals surface area contributed by atoms with Crippen LogP contribution in [-0.2, 0) is 9.59 Å². The first-order chi connectivity index (χ1) is 9.43. The average molecular weight is 343 g/mol. The monoisotopic (exact) mass is 342 g/mol. The zero-order chi connectivity index (χ0) is 15.1. The van der Waals surface area contributed by atoms with Crippen LogP contribution in [0.3, 0.4) is 0 Å². The fraction of sp³-hybridized carbons (Fsp3) is 0.429. The van der Waals surface area contributed by atoms with Crippen LogP contribution >= 0.6 is 15.9 Å². The summed E-state index contributed by atoms with van der Waals surface area (Å²) < 4.78 is 0.933. The number of nitrogens with one attached hydrogen (secondary N) is 2. The summed E-state index contributed by atoms with van der Waals surface area (Å²) in [6, 6.07) is 5.27. The SMILES string of the molecule is CCCC(O)CNC(=O)C(=O)Nc1ccc(Br)c(C)c1. The van der Waals surface area contributed by atoms with E-state index in [1.54, 1.807) is 18.2 Å². The predicted molar refractivity (Wildman–Crippen MR) is 81.4 cm³/mol. The summed E-state index contributed by atoms with van der Waals surface area (Å²) in [5.41, 5.74) is 1.52. The van der Waals surface area contributed by atoms with Crippen molar-refractivity contribution in [3.63, 3.8) is 0 Å². The van der Waals surface area contributed by atoms with Gasteiger partial charge in [0.1, 0.15) is 0 Å². The maximum atomic E-state index is 11.7. The van der Waals surface area contributed by atoms with Crippen molar-refractivity contribution in [1.82, 2.24) is 5.32 Å². The number of carbonyl (C=O) groups is 2. The van der Waals surface area contributed by atoms with Crippen molar-refractivity contribution >= 4 is 33.4 Å². The van der Waals surface area contributed by atoms with E-state index in [-0.39, 0.29) is 6.54 Å². The minimum absolute atomic E-state index is 0.0828. The molecule has 1 unspecified atom stereocenters. The van der Waals surface area contributed by atoms with Gasteiger partial charge in [0.15, 0.2) is 0 Å². The van der Waals surface area contributed by atoms with Gasteiger partial charge in [0.05, 0.1) is 6.10 Å². The first-order valence-electron chi connectivity index (χ1n) is 6.47. The molecule has 6 heteroatoms. The Balaban J connectivity index is 2.49. The highest BCUT2D eigenvalue weighted by atomic mass is 79.9. The summed E-state index contributed by atoms with van der Waals surface area (Å²) in [7, 11) is 0. The van der Waals surface area contributed by atoms with Crippen LogP contribution < -0.4 is 10.6 Å². The van der Waals surface area contributed by atoms with Gasteiger partial charge >= 0.3 is 11.8 Å². The smallest absolute Gasteiger partial charge is 0.313 e. The van der Waals surface area contributed by atoms with Crippen LogP contribution in [0.5, 0.6) is 0 Å². The summed E-state index contributed by atoms with van der Waals surface area (Å²) in [5, 5.41) is 14.4. The Morgan fingerprint density at radius 2 is 2.05 bits per heavy atom. The summed E-state index contributed by atoms with van der Waals surface area (Å²) in [6.45, 7) is 3.91. The van der Waals surface area contributed by atoms with Crippen LogP contribution in [0.15, 0.2) is 22.7 Å². The summed E-state index contributed by atoms with van der Waals surface area (Å²) >= 11 is 3.36. The second-order valence-electron chi connectivity index (χ2n) is 4.57. The number of hydrogen-bond acceptors (Lipinski definition) is 3. The van der Waals surface area contributed by atoms with Crippen molar-refractivity contribution < 1.29 is 14.7 Å². The molecule has 0 radical (unpaired) electrons. The van der Waals surface area contributed by atoms with Crippen molar-refractivity contribution in [2.75, 3.05) is 11.9 Å². The van der Waals surface area contributed by atoms with Crippen molar-refractivity contribution in [1.29, 1.82) is 0 Å². The molecule has 0 saturated heterocycles. The number of rotatable bonds is 5. The fourth-order valence-corrected chi connectivity index (χ4v) is 1.88. The molecule has 1 aromatic carbocycles. The molecule has 0 spiro atoms. The van der Waals surface area contributed by atoms with Gasteiger partial charge in [-0.15, -0.1) is 0 Å². The van der Waals surface area contributed by atoms with Gasteiger partial charge in [-0.25, -0.2) is 0 Å². The molecule has 5 nitrogen and oxygen atoms in total. The number of aryl methyl sites for hydroxylation is 1. The molecule has 0 aliphatic rings. The molecule has 0 fully saturated rings. The number of aliphatic hydroxyl groups excluding tert-OH is 1. The second kappa shape index (κ2) is 8.01. The highest BCUT2D eigenvalue weighted by Gasteiger charge is 2.15. The zero-order valence-electron chi connectivity index (χ0n) is 11.6. The van der Waals surface area contributed by atoms with Gasteiger partial charge in [-0.2, -0.15) is 0 Å². The highest BCUT2D eigenvalue weighted by molar-refractivity contribution is 9.10. The first-order valence-corrected chi connectivity index (χ1v) is 7.26. The Morgan fingerprint density at radius 3 is 2.65 bits per heavy atom. The predicted octanol–water partition coefficient (Wildman–Crippen LogP) is 1.97. The molecule has 0 aliphatic heterocycles. The summed E-state index contributed by atoms with van der Waals surface area (Å²) in [5.74, 6) is -1.49. The van der Waals surface area contributed by atoms with Gasteiger partial charge in [-0.05, 0) is 37.1 Å². The Kier molecular flexibility index (Phi) is 6.67. The van der Waals surface area contributed by atoms with Crippen molar-refractivity contribution in [3.8, 4) is 0 Å². The van der Waals surface area contributed by atoms with Crippen LogP contribution in [-0.4, -0.2) is 29.6 Å². The number of carbonyl (C=O) groups excluding carboxylic acids is 2. The van der Waals surface area contributed by atoms with Crippen LogP contribution in [0.25, 0.3) is 0 Å². The van der Waals surface area contributed by atoms with E-state index < -0.39 is 17.9 Å². The Bertz CT molecular complexity index is 491. The zero-order valence-corrected chi connectivity index (χ0v) is 13.2. The topological polar surface area (TPSA) is 78.4 Å². The quantitative estimate of drug-likeness (QED) is 0.716. The first kappa shape index (κ1) is 16.7. The molecule has 3 N–H and O–H groups in total. The van der Waals surface area contributed by atoms with E-state index in [0.29, 0.717) is 12.1 Å². The Hall–Kier alpha value is -1.40. The van der Waals surface area contributed by atoms with Crippen molar-refractivity contribution in [2.45, 2.75) is 32.8 Å². The lowest BCUT2D eigenvalue weighted by Gasteiger charge is -2.11. The maximum Gasteiger partial charge on any atom is 0.313 e. The molecule has 110 valence electrons. The minimum Gasteiger partial charge on any atom is -0.391 e. The molecular formula is C14H19BrN2O3. The van der Waals surface area contributed by atoms with E-state index in [4.69, 9.17) is 0 Å². The summed E-state index contributed by atoms with van der Waals surface area (Å²) in [4.78, 5) is 23.2. The van der Waals surface area contributed by atoms with E-state index in [0.717, 1.165) is 16.5 Å². The normalized spacial score (nSPS) is 11.8. The Morgan fingerprint density at radius 1 is 1.35 bits per heavy atom. The third-order valence-electron chi connectivity index (χ3n) is 2.74. The molecule has 0 bridgehead atoms. The van der Waals surface area contributed by atoms with Crippen molar-refractivity contribution in [3.05, 3.63) is 28.2 Å². The lowest BCUT2D eigenvalue weighted by atomic mass is 10.2. The van der Waals surface area contributed by atoms with Crippen molar-refractivity contribution in [2.24, 2.45) is 0 Å². The van der Waals surface area contributed by atoms with Gasteiger partial charge in [-0.3, -0.25) is 9.59 Å². The van der Waals surface area contributed by atoms with Crippen LogP contribution in [0.2, 0.25) is 0 Å². The lowest BCUT2D eigenvalue weighted by Crippen LogP contribution is -2.39. The van der Waals surface area contributed by atoms with Gasteiger partial charge in [0.25, 0.3) is 0 Å². The van der Waals surface area contributed by atoms with Gasteiger partial charge in [0, 0.05) is 16.7 Å². The third-order valence-corrected chi connectivity index (χ3v) is 3.63. The lowest BCUT2D eigenvalue weighted by molar-refractivity contribution is -0.136. The number of aliphatic hydroxyl groups is 1. The van der Waals surface area contributed by atoms with Gasteiger partial charge < -0.3 is 15.7 Å². The number of anilines is 1. The third kappa shape index (κ3) is 5.30. The molecule has 0 aliphatic carbocycles. The summed E-state index contributed by atoms with van der Waals surface area (Å²) in [6.07, 6.45) is 0.793. The second-order valence-corrected chi connectivity index (χ2v) is 5.42.